The largest absolute Gasteiger partial charge is 0.494 e. The molecular formula is C13H11Cl2NO2. The molecule has 0 radical (unpaired) electrons. The molecular weight excluding hydrogens is 273 g/mol. The van der Waals surface area contributed by atoms with E-state index in [0.717, 1.165) is 28.6 Å². The first-order valence-electron chi connectivity index (χ1n) is 5.63. The van der Waals surface area contributed by atoms with Crippen LogP contribution in [0.4, 0.5) is 0 Å². The molecule has 0 amide bonds. The molecule has 2 aromatic rings. The lowest BCUT2D eigenvalue weighted by molar-refractivity contribution is 0.109. The minimum Gasteiger partial charge on any atom is -0.494 e. The van der Waals surface area contributed by atoms with Crippen LogP contribution in [0.25, 0.3) is 10.9 Å². The van der Waals surface area contributed by atoms with Crippen LogP contribution in [-0.4, -0.2) is 18.7 Å². The average Bonchev–Trinajstić information content (AvgIpc) is 2.39. The molecule has 0 unspecified atom stereocenters. The molecule has 1 aromatic heterocycles. The molecule has 0 saturated carbocycles. The number of benzene rings is 1. The van der Waals surface area contributed by atoms with E-state index in [4.69, 9.17) is 32.7 Å². The molecule has 0 spiro atoms. The van der Waals surface area contributed by atoms with Gasteiger partial charge in [-0.1, -0.05) is 23.2 Å². The Kier molecular flexibility index (Phi) is 3.06. The minimum atomic E-state index is 0.491. The van der Waals surface area contributed by atoms with Gasteiger partial charge in [-0.05, 0) is 12.1 Å². The SMILES string of the molecule is COc1ccc(Cl)c2c(Cl)c3c(nc12)CCOC3. The van der Waals surface area contributed by atoms with Crippen molar-refractivity contribution in [2.75, 3.05) is 13.7 Å². The second kappa shape index (κ2) is 4.57. The summed E-state index contributed by atoms with van der Waals surface area (Å²) in [5.41, 5.74) is 2.63. The number of rotatable bonds is 1. The van der Waals surface area contributed by atoms with E-state index < -0.39 is 0 Å². The fraction of sp³-hybridized carbons (Fsp3) is 0.308. The van der Waals surface area contributed by atoms with Gasteiger partial charge >= 0.3 is 0 Å². The predicted molar refractivity (Wildman–Crippen MR) is 71.7 cm³/mol. The summed E-state index contributed by atoms with van der Waals surface area (Å²) in [5.74, 6) is 0.686. The van der Waals surface area contributed by atoms with Gasteiger partial charge in [-0.25, -0.2) is 4.98 Å². The first-order chi connectivity index (χ1) is 8.72. The third-order valence-corrected chi connectivity index (χ3v) is 3.85. The first kappa shape index (κ1) is 12.0. The monoisotopic (exact) mass is 283 g/mol. The molecule has 5 heteroatoms. The Balaban J connectivity index is 2.41. The molecule has 0 atom stereocenters. The van der Waals surface area contributed by atoms with Crippen LogP contribution >= 0.6 is 23.2 Å². The van der Waals surface area contributed by atoms with Crippen LogP contribution < -0.4 is 4.74 Å². The molecule has 1 aliphatic heterocycles. The van der Waals surface area contributed by atoms with Crippen molar-refractivity contribution in [3.63, 3.8) is 0 Å². The highest BCUT2D eigenvalue weighted by Crippen LogP contribution is 2.38. The lowest BCUT2D eigenvalue weighted by Gasteiger charge is -2.19. The van der Waals surface area contributed by atoms with Crippen molar-refractivity contribution >= 4 is 34.1 Å². The average molecular weight is 284 g/mol. The van der Waals surface area contributed by atoms with Gasteiger partial charge in [0.25, 0.3) is 0 Å². The van der Waals surface area contributed by atoms with Crippen molar-refractivity contribution in [1.29, 1.82) is 0 Å². The maximum Gasteiger partial charge on any atom is 0.145 e. The molecule has 94 valence electrons. The summed E-state index contributed by atoms with van der Waals surface area (Å²) in [6.07, 6.45) is 0.765. The quantitative estimate of drug-likeness (QED) is 0.801. The van der Waals surface area contributed by atoms with Crippen LogP contribution in [0, 0.1) is 0 Å². The molecule has 18 heavy (non-hydrogen) atoms. The van der Waals surface area contributed by atoms with E-state index in [-0.39, 0.29) is 0 Å². The van der Waals surface area contributed by atoms with E-state index in [1.807, 2.05) is 0 Å². The number of hydrogen-bond donors (Lipinski definition) is 0. The highest BCUT2D eigenvalue weighted by molar-refractivity contribution is 6.42. The summed E-state index contributed by atoms with van der Waals surface area (Å²) >= 11 is 12.6. The van der Waals surface area contributed by atoms with Crippen molar-refractivity contribution < 1.29 is 9.47 Å². The minimum absolute atomic E-state index is 0.491. The topological polar surface area (TPSA) is 31.4 Å². The zero-order valence-electron chi connectivity index (χ0n) is 9.80. The Morgan fingerprint density at radius 1 is 1.33 bits per heavy atom. The lowest BCUT2D eigenvalue weighted by Crippen LogP contribution is -2.13. The van der Waals surface area contributed by atoms with Gasteiger partial charge in [0.15, 0.2) is 0 Å². The van der Waals surface area contributed by atoms with E-state index in [9.17, 15) is 0 Å². The third-order valence-electron chi connectivity index (χ3n) is 3.12. The number of methoxy groups -OCH3 is 1. The second-order valence-corrected chi connectivity index (χ2v) is 4.91. The molecule has 0 saturated heterocycles. The standard InChI is InChI=1S/C13H11Cl2NO2/c1-17-10-3-2-8(14)11-12(15)7-6-18-5-4-9(7)16-13(10)11/h2-3H,4-6H2,1H3. The molecule has 3 nitrogen and oxygen atoms in total. The van der Waals surface area contributed by atoms with Crippen molar-refractivity contribution in [2.45, 2.75) is 13.0 Å². The Hall–Kier alpha value is -1.03. The zero-order valence-corrected chi connectivity index (χ0v) is 11.3. The van der Waals surface area contributed by atoms with Crippen LogP contribution in [0.15, 0.2) is 12.1 Å². The fourth-order valence-electron chi connectivity index (χ4n) is 2.21. The van der Waals surface area contributed by atoms with Gasteiger partial charge in [0.05, 0.1) is 36.1 Å². The van der Waals surface area contributed by atoms with Crippen molar-refractivity contribution in [1.82, 2.24) is 4.98 Å². The Morgan fingerprint density at radius 2 is 2.17 bits per heavy atom. The van der Waals surface area contributed by atoms with Gasteiger partial charge in [0.2, 0.25) is 0 Å². The van der Waals surface area contributed by atoms with E-state index in [2.05, 4.69) is 4.98 Å². The fourth-order valence-corrected chi connectivity index (χ4v) is 2.86. The summed E-state index contributed by atoms with van der Waals surface area (Å²) in [7, 11) is 1.61. The lowest BCUT2D eigenvalue weighted by atomic mass is 10.1. The summed E-state index contributed by atoms with van der Waals surface area (Å²) in [5, 5.41) is 1.94. The van der Waals surface area contributed by atoms with E-state index in [1.165, 1.54) is 0 Å². The molecule has 0 fully saturated rings. The van der Waals surface area contributed by atoms with Crippen LogP contribution in [0.5, 0.6) is 5.75 Å². The van der Waals surface area contributed by atoms with Gasteiger partial charge in [0, 0.05) is 17.4 Å². The number of ether oxygens (including phenoxy) is 2. The van der Waals surface area contributed by atoms with Crippen molar-refractivity contribution in [2.24, 2.45) is 0 Å². The summed E-state index contributed by atoms with van der Waals surface area (Å²) < 4.78 is 10.7. The third kappa shape index (κ3) is 1.74. The number of hydrogen-bond acceptors (Lipinski definition) is 3. The number of halogens is 2. The van der Waals surface area contributed by atoms with Crippen LogP contribution in [-0.2, 0) is 17.8 Å². The second-order valence-electron chi connectivity index (χ2n) is 4.13. The van der Waals surface area contributed by atoms with Crippen LogP contribution in [0.1, 0.15) is 11.3 Å². The smallest absolute Gasteiger partial charge is 0.145 e. The Labute approximate surface area is 115 Å². The summed E-state index contributed by atoms with van der Waals surface area (Å²) in [6.45, 7) is 1.16. The van der Waals surface area contributed by atoms with Crippen LogP contribution in [0.2, 0.25) is 10.0 Å². The maximum absolute atomic E-state index is 6.43. The van der Waals surface area contributed by atoms with Crippen LogP contribution in [0.3, 0.4) is 0 Å². The van der Waals surface area contributed by atoms with Gasteiger partial charge in [0.1, 0.15) is 11.3 Å². The van der Waals surface area contributed by atoms with Gasteiger partial charge in [-0.3, -0.25) is 0 Å². The van der Waals surface area contributed by atoms with Gasteiger partial charge in [-0.15, -0.1) is 0 Å². The molecule has 1 aromatic carbocycles. The highest BCUT2D eigenvalue weighted by atomic mass is 35.5. The van der Waals surface area contributed by atoms with E-state index in [1.54, 1.807) is 19.2 Å². The summed E-state index contributed by atoms with van der Waals surface area (Å²) in [4.78, 5) is 4.63. The maximum atomic E-state index is 6.43. The molecule has 0 aliphatic carbocycles. The number of nitrogens with zero attached hydrogens (tertiary/aromatic N) is 1. The van der Waals surface area contributed by atoms with E-state index >= 15 is 0 Å². The molecule has 2 heterocycles. The number of fused-ring (bicyclic) bond motifs is 2. The Morgan fingerprint density at radius 3 is 2.94 bits per heavy atom. The number of aromatic nitrogens is 1. The number of pyridine rings is 1. The normalized spacial score (nSPS) is 14.6. The van der Waals surface area contributed by atoms with Crippen molar-refractivity contribution in [3.05, 3.63) is 33.4 Å². The molecule has 3 rings (SSSR count). The predicted octanol–water partition coefficient (Wildman–Crippen LogP) is 3.62. The Bertz CT molecular complexity index is 628. The first-order valence-corrected chi connectivity index (χ1v) is 6.39. The molecule has 0 bridgehead atoms. The zero-order chi connectivity index (χ0) is 12.7. The van der Waals surface area contributed by atoms with Crippen molar-refractivity contribution in [3.8, 4) is 5.75 Å². The van der Waals surface area contributed by atoms with E-state index in [0.29, 0.717) is 29.0 Å². The van der Waals surface area contributed by atoms with Gasteiger partial charge < -0.3 is 9.47 Å². The summed E-state index contributed by atoms with van der Waals surface area (Å²) in [6, 6.07) is 3.58. The molecule has 1 aliphatic rings. The van der Waals surface area contributed by atoms with Gasteiger partial charge in [-0.2, -0.15) is 0 Å². The highest BCUT2D eigenvalue weighted by Gasteiger charge is 2.20. The molecule has 0 N–H and O–H groups in total.